The maximum atomic E-state index is 13.5. The number of carbonyl (C=O) groups excluding carboxylic acids is 2. The summed E-state index contributed by atoms with van der Waals surface area (Å²) in [6.45, 7) is 15.0. The second-order valence-electron chi connectivity index (χ2n) is 28.5. The van der Waals surface area contributed by atoms with Crippen LogP contribution in [-0.2, 0) is 62.7 Å². The average molecular weight is 1310 g/mol. The molecule has 2 N–H and O–H groups in total. The Balaban J connectivity index is 0.000000165. The molecule has 488 valence electrons. The Morgan fingerprint density at radius 3 is 1.32 bits per heavy atom. The molecule has 2 saturated heterocycles. The molecular weight excluding hydrogens is 1220 g/mol. The van der Waals surface area contributed by atoms with E-state index in [9.17, 15) is 26.4 Å². The first-order valence-corrected chi connectivity index (χ1v) is 37.2. The third-order valence-electron chi connectivity index (χ3n) is 23.2. The van der Waals surface area contributed by atoms with Gasteiger partial charge in [-0.25, -0.2) is 26.3 Å². The third kappa shape index (κ3) is 12.4. The van der Waals surface area contributed by atoms with Crippen LogP contribution in [0.15, 0.2) is 72.8 Å². The van der Waals surface area contributed by atoms with Gasteiger partial charge in [0.05, 0.1) is 85.9 Å². The molecule has 0 aromatic heterocycles. The fourth-order valence-corrected chi connectivity index (χ4v) is 20.4. The molecule has 6 heterocycles. The summed E-state index contributed by atoms with van der Waals surface area (Å²) in [7, 11) is -7.78. The van der Waals surface area contributed by atoms with Gasteiger partial charge < -0.3 is 38.2 Å². The number of sulfonamides is 2. The van der Waals surface area contributed by atoms with Crippen LogP contribution in [0.5, 0.6) is 11.5 Å². The van der Waals surface area contributed by atoms with Gasteiger partial charge in [0.25, 0.3) is 11.8 Å². The molecule has 10 aliphatic rings. The lowest BCUT2D eigenvalue weighted by molar-refractivity contribution is -0.212. The molecule has 2 amide bonds. The largest absolute Gasteiger partial charge is 0.490 e. The number of hydrogen-bond donors (Lipinski definition) is 2. The topological polar surface area (TPSA) is 188 Å². The second-order valence-corrected chi connectivity index (χ2v) is 33.4. The summed E-state index contributed by atoms with van der Waals surface area (Å²) in [5, 5.41) is 0.0666. The summed E-state index contributed by atoms with van der Waals surface area (Å²) < 4.78 is 97.0. The Morgan fingerprint density at radius 1 is 0.500 bits per heavy atom. The van der Waals surface area contributed by atoms with Crippen molar-refractivity contribution >= 4 is 66.4 Å². The normalized spacial score (nSPS) is 34.9. The smallest absolute Gasteiger partial charge is 0.264 e. The number of benzene rings is 4. The molecular formula is C70H90Cl2N4O12S2. The van der Waals surface area contributed by atoms with Gasteiger partial charge in [0, 0.05) is 58.2 Å². The van der Waals surface area contributed by atoms with Crippen LogP contribution in [0.2, 0.25) is 10.0 Å². The summed E-state index contributed by atoms with van der Waals surface area (Å²) in [6.07, 6.45) is 15.2. The maximum Gasteiger partial charge on any atom is 0.264 e. The van der Waals surface area contributed by atoms with Crippen LogP contribution < -0.4 is 28.7 Å². The van der Waals surface area contributed by atoms with Crippen molar-refractivity contribution in [2.45, 2.75) is 163 Å². The van der Waals surface area contributed by atoms with E-state index in [1.807, 2.05) is 50.2 Å². The molecule has 14 rings (SSSR count). The van der Waals surface area contributed by atoms with E-state index in [1.54, 1.807) is 26.0 Å². The number of nitrogens with zero attached hydrogens (tertiary/aromatic N) is 2. The van der Waals surface area contributed by atoms with E-state index in [2.05, 4.69) is 43.5 Å². The number of anilines is 2. The minimum Gasteiger partial charge on any atom is -0.490 e. The summed E-state index contributed by atoms with van der Waals surface area (Å²) >= 11 is 12.9. The van der Waals surface area contributed by atoms with E-state index in [0.717, 1.165) is 162 Å². The fraction of sp³-hybridized carbons (Fsp3) is 0.629. The van der Waals surface area contributed by atoms with Gasteiger partial charge in [0.1, 0.15) is 11.5 Å². The molecule has 16 nitrogen and oxygen atoms in total. The highest BCUT2D eigenvalue weighted by Crippen LogP contribution is 2.53. The molecule has 0 unspecified atom stereocenters. The lowest BCUT2D eigenvalue weighted by Gasteiger charge is -2.53. The first kappa shape index (κ1) is 64.1. The minimum absolute atomic E-state index is 0.123. The van der Waals surface area contributed by atoms with E-state index in [-0.39, 0.29) is 33.9 Å². The molecule has 2 saturated carbocycles. The summed E-state index contributed by atoms with van der Waals surface area (Å²) in [6, 6.07) is 23.2. The zero-order valence-corrected chi connectivity index (χ0v) is 55.9. The highest BCUT2D eigenvalue weighted by Gasteiger charge is 2.54. The van der Waals surface area contributed by atoms with Crippen LogP contribution in [0.1, 0.15) is 161 Å². The monoisotopic (exact) mass is 1310 g/mol. The molecule has 90 heavy (non-hydrogen) atoms. The maximum absolute atomic E-state index is 13.5. The second kappa shape index (κ2) is 25.6. The average Bonchev–Trinajstić information content (AvgIpc) is 1.34. The fourth-order valence-electron chi connectivity index (χ4n) is 17.4. The Labute approximate surface area is 542 Å². The SMILES string of the molecule is C[C@@H]1[C@@H](C)CCC[C@@]2(COCCO2)[C@@H]2CC[C@H]2CN2C[C@@]3(CCCc4cc(Cl)ccc43)COc3ccc(cc32)C(=O)NS1(=O)=O.C[C@@H]1[C@@H](C)CCC[C@]2(COCCO2)[C@@H]2CC[C@H]2CN2C[C@@]3(CCCc4cc(Cl)ccc43)COc3ccc(cc32)C(=O)NS1(=O)=O. The lowest BCUT2D eigenvalue weighted by Crippen LogP contribution is -2.57. The van der Waals surface area contributed by atoms with Crippen molar-refractivity contribution in [3.8, 4) is 11.5 Å². The standard InChI is InChI=1S/2C35H45ClN2O6S/c2*1-23-5-3-14-35(22-42-15-16-44-35)30-10-7-27(30)19-38-20-34(13-4-6-25-17-28(36)9-11-29(25)34)21-43-32-12-8-26(18-31(32)38)33(39)37-45(40,41)24(23)2/h2*8-9,11-12,17-18,23-24,27,30H,3-7,10,13-16,19-22H2,1-2H3,(H,37,39)/t23-,24+,27-,30+,34-,35+;23-,24+,27-,30+,34-,35-/m00/s1. The molecule has 20 heteroatoms. The van der Waals surface area contributed by atoms with Gasteiger partial charge in [-0.1, -0.05) is 62.0 Å². The molecule has 4 aliphatic carbocycles. The highest BCUT2D eigenvalue weighted by atomic mass is 35.5. The summed E-state index contributed by atoms with van der Waals surface area (Å²) in [5.74, 6) is 1.46. The van der Waals surface area contributed by atoms with Gasteiger partial charge in [-0.2, -0.15) is 0 Å². The number of halogens is 2. The number of amides is 2. The Morgan fingerprint density at radius 2 is 0.933 bits per heavy atom. The van der Waals surface area contributed by atoms with Crippen molar-refractivity contribution in [3.05, 3.63) is 116 Å². The van der Waals surface area contributed by atoms with Crippen molar-refractivity contribution in [1.29, 1.82) is 0 Å². The van der Waals surface area contributed by atoms with E-state index >= 15 is 0 Å². The van der Waals surface area contributed by atoms with Gasteiger partial charge >= 0.3 is 0 Å². The number of fused-ring (bicyclic) bond motifs is 10. The van der Waals surface area contributed by atoms with Crippen LogP contribution in [0, 0.1) is 35.5 Å². The van der Waals surface area contributed by atoms with Gasteiger partial charge in [-0.3, -0.25) is 9.59 Å². The van der Waals surface area contributed by atoms with Crippen molar-refractivity contribution in [2.75, 3.05) is 88.8 Å². The van der Waals surface area contributed by atoms with Crippen LogP contribution in [-0.4, -0.2) is 129 Å². The van der Waals surface area contributed by atoms with Crippen LogP contribution in [0.25, 0.3) is 0 Å². The van der Waals surface area contributed by atoms with Gasteiger partial charge in [-0.15, -0.1) is 0 Å². The van der Waals surface area contributed by atoms with Crippen molar-refractivity contribution in [3.63, 3.8) is 0 Å². The van der Waals surface area contributed by atoms with Crippen LogP contribution >= 0.6 is 23.2 Å². The molecule has 6 aliphatic heterocycles. The van der Waals surface area contributed by atoms with E-state index in [4.69, 9.17) is 51.6 Å². The lowest BCUT2D eigenvalue weighted by atomic mass is 9.62. The van der Waals surface area contributed by atoms with Crippen LogP contribution in [0.4, 0.5) is 11.4 Å². The van der Waals surface area contributed by atoms with Crippen molar-refractivity contribution in [1.82, 2.24) is 9.44 Å². The van der Waals surface area contributed by atoms with Gasteiger partial charge in [0.15, 0.2) is 0 Å². The molecule has 4 bridgehead atoms. The predicted octanol–water partition coefficient (Wildman–Crippen LogP) is 11.8. The Hall–Kier alpha value is -4.66. The van der Waals surface area contributed by atoms with E-state index in [1.165, 1.54) is 22.3 Å². The minimum atomic E-state index is -3.89. The Bertz CT molecular complexity index is 3350. The zero-order chi connectivity index (χ0) is 62.8. The number of hydrogen-bond acceptors (Lipinski definition) is 14. The first-order valence-electron chi connectivity index (χ1n) is 33.4. The van der Waals surface area contributed by atoms with Gasteiger partial charge in [-0.05, 0) is 222 Å². The quantitative estimate of drug-likeness (QED) is 0.169. The van der Waals surface area contributed by atoms with Crippen molar-refractivity contribution in [2.24, 2.45) is 35.5 Å². The zero-order valence-electron chi connectivity index (χ0n) is 52.7. The number of rotatable bonds is 0. The first-order chi connectivity index (χ1) is 43.2. The van der Waals surface area contributed by atoms with Crippen molar-refractivity contribution < 1.29 is 54.8 Å². The number of aryl methyl sites for hydroxylation is 2. The van der Waals surface area contributed by atoms with Crippen LogP contribution in [0.3, 0.4) is 0 Å². The Kier molecular flexibility index (Phi) is 18.2. The van der Waals surface area contributed by atoms with Gasteiger partial charge in [0.2, 0.25) is 20.0 Å². The van der Waals surface area contributed by atoms with E-state index < -0.39 is 42.4 Å². The molecule has 4 spiro atoms. The number of carbonyl (C=O) groups is 2. The predicted molar refractivity (Wildman–Crippen MR) is 350 cm³/mol. The van der Waals surface area contributed by atoms with E-state index in [0.29, 0.717) is 87.7 Å². The number of nitrogens with one attached hydrogen (secondary N) is 2. The molecule has 4 aromatic carbocycles. The molecule has 4 aromatic rings. The molecule has 12 atom stereocenters. The highest BCUT2D eigenvalue weighted by molar-refractivity contribution is 7.91. The third-order valence-corrected chi connectivity index (χ3v) is 27.5. The molecule has 4 fully saturated rings. The summed E-state index contributed by atoms with van der Waals surface area (Å²) in [5.41, 5.74) is 6.23. The molecule has 0 radical (unpaired) electrons. The number of ether oxygens (including phenoxy) is 6. The summed E-state index contributed by atoms with van der Waals surface area (Å²) in [4.78, 5) is 31.8.